The highest BCUT2D eigenvalue weighted by Gasteiger charge is 2.50. The number of benzene rings is 3. The van der Waals surface area contributed by atoms with Crippen LogP contribution in [-0.2, 0) is 14.6 Å². The Hall–Kier alpha value is -3.98. The monoisotopic (exact) mass is 491 g/mol. The molecule has 0 unspecified atom stereocenters. The summed E-state index contributed by atoms with van der Waals surface area (Å²) in [7, 11) is -0.430. The van der Waals surface area contributed by atoms with E-state index in [0.717, 1.165) is 16.8 Å². The number of amides is 1. The van der Waals surface area contributed by atoms with E-state index in [2.05, 4.69) is 0 Å². The average molecular weight is 492 g/mol. The van der Waals surface area contributed by atoms with Crippen LogP contribution in [0.25, 0.3) is 6.08 Å². The Kier molecular flexibility index (Phi) is 6.21. The third-order valence-electron chi connectivity index (χ3n) is 5.82. The van der Waals surface area contributed by atoms with Crippen molar-refractivity contribution in [2.45, 2.75) is 19.2 Å². The van der Waals surface area contributed by atoms with Gasteiger partial charge in [0.05, 0.1) is 4.92 Å². The summed E-state index contributed by atoms with van der Waals surface area (Å²) < 4.78 is 27.6. The van der Waals surface area contributed by atoms with Gasteiger partial charge >= 0.3 is 0 Å². The lowest BCUT2D eigenvalue weighted by molar-refractivity contribution is -0.384. The molecule has 1 saturated heterocycles. The minimum absolute atomic E-state index is 0.151. The number of carbonyl (C=O) groups is 1. The molecule has 1 aliphatic rings. The fourth-order valence-electron chi connectivity index (χ4n) is 4.23. The van der Waals surface area contributed by atoms with Crippen LogP contribution in [-0.4, -0.2) is 33.3 Å². The highest BCUT2D eigenvalue weighted by atomic mass is 32.2. The summed E-state index contributed by atoms with van der Waals surface area (Å²) in [6.07, 6.45) is 1.37. The molecule has 3 aromatic rings. The molecular weight excluding hydrogens is 466 g/mol. The zero-order chi connectivity index (χ0) is 25.5. The summed E-state index contributed by atoms with van der Waals surface area (Å²) >= 11 is 0. The van der Waals surface area contributed by atoms with Gasteiger partial charge in [0.2, 0.25) is 9.84 Å². The molecule has 1 atom stereocenters. The van der Waals surface area contributed by atoms with Crippen LogP contribution >= 0.6 is 0 Å². The maximum absolute atomic E-state index is 13.8. The van der Waals surface area contributed by atoms with Crippen molar-refractivity contribution in [2.24, 2.45) is 0 Å². The molecule has 1 fully saturated rings. The predicted octanol–water partition coefficient (Wildman–Crippen LogP) is 4.78. The van der Waals surface area contributed by atoms with Crippen molar-refractivity contribution in [3.8, 4) is 0 Å². The van der Waals surface area contributed by atoms with Crippen LogP contribution in [0.15, 0.2) is 71.6 Å². The van der Waals surface area contributed by atoms with Crippen LogP contribution in [0.2, 0.25) is 0 Å². The largest absolute Gasteiger partial charge is 0.378 e. The van der Waals surface area contributed by atoms with Gasteiger partial charge < -0.3 is 4.90 Å². The highest BCUT2D eigenvalue weighted by Crippen LogP contribution is 2.44. The molecule has 3 aromatic carbocycles. The number of anilines is 2. The summed E-state index contributed by atoms with van der Waals surface area (Å²) in [4.78, 5) is 27.2. The smallest absolute Gasteiger partial charge is 0.271 e. The van der Waals surface area contributed by atoms with E-state index in [4.69, 9.17) is 0 Å². The molecule has 0 spiro atoms. The standard InChI is InChI=1S/C26H25N3O5S/c1-17-12-18(2)14-23(13-17)28-25(30)24(15-19-8-10-21(11-9-19)27(3)4)35(33,34)26(28)20-6-5-7-22(16-20)29(31)32/h5-16,26H,1-4H3/b24-15-/t26-/m1/s1. The van der Waals surface area contributed by atoms with Gasteiger partial charge in [-0.3, -0.25) is 19.8 Å². The first-order chi connectivity index (χ1) is 16.5. The molecule has 1 amide bonds. The number of non-ortho nitro benzene ring substituents is 1. The summed E-state index contributed by atoms with van der Waals surface area (Å²) in [5, 5.41) is 9.95. The number of nitrogens with zero attached hydrogens (tertiary/aromatic N) is 3. The molecule has 35 heavy (non-hydrogen) atoms. The van der Waals surface area contributed by atoms with Gasteiger partial charge in [-0.1, -0.05) is 30.3 Å². The molecule has 0 N–H and O–H groups in total. The Morgan fingerprint density at radius 1 is 0.971 bits per heavy atom. The fourth-order valence-corrected chi connectivity index (χ4v) is 6.11. The molecule has 9 heteroatoms. The summed E-state index contributed by atoms with van der Waals surface area (Å²) in [5.41, 5.74) is 3.53. The predicted molar refractivity (Wildman–Crippen MR) is 137 cm³/mol. The number of nitro groups is 1. The number of hydrogen-bond donors (Lipinski definition) is 0. The minimum Gasteiger partial charge on any atom is -0.378 e. The first kappa shape index (κ1) is 24.2. The lowest BCUT2D eigenvalue weighted by Crippen LogP contribution is -2.29. The van der Waals surface area contributed by atoms with Gasteiger partial charge in [-0.25, -0.2) is 8.42 Å². The van der Waals surface area contributed by atoms with Crippen molar-refractivity contribution in [2.75, 3.05) is 23.9 Å². The molecular formula is C26H25N3O5S. The van der Waals surface area contributed by atoms with Crippen molar-refractivity contribution in [3.05, 3.63) is 104 Å². The molecule has 180 valence electrons. The molecule has 0 bridgehead atoms. The third-order valence-corrected chi connectivity index (χ3v) is 7.80. The van der Waals surface area contributed by atoms with E-state index in [1.165, 1.54) is 35.2 Å². The van der Waals surface area contributed by atoms with Gasteiger partial charge in [0.15, 0.2) is 5.37 Å². The van der Waals surface area contributed by atoms with Crippen LogP contribution in [0.3, 0.4) is 0 Å². The first-order valence-corrected chi connectivity index (χ1v) is 12.4. The molecule has 0 saturated carbocycles. The Bertz CT molecular complexity index is 1440. The van der Waals surface area contributed by atoms with Crippen molar-refractivity contribution in [1.82, 2.24) is 0 Å². The maximum Gasteiger partial charge on any atom is 0.271 e. The van der Waals surface area contributed by atoms with Gasteiger partial charge in [-0.15, -0.1) is 0 Å². The number of rotatable bonds is 5. The van der Waals surface area contributed by atoms with Crippen molar-refractivity contribution in [3.63, 3.8) is 0 Å². The van der Waals surface area contributed by atoms with Crippen LogP contribution in [0.5, 0.6) is 0 Å². The normalized spacial score (nSPS) is 18.2. The topological polar surface area (TPSA) is 101 Å². The fraction of sp³-hybridized carbons (Fsp3) is 0.192. The lowest BCUT2D eigenvalue weighted by Gasteiger charge is -2.24. The van der Waals surface area contributed by atoms with Crippen LogP contribution < -0.4 is 9.80 Å². The molecule has 8 nitrogen and oxygen atoms in total. The second kappa shape index (κ2) is 8.99. The van der Waals surface area contributed by atoms with Crippen molar-refractivity contribution < 1.29 is 18.1 Å². The Morgan fingerprint density at radius 3 is 2.17 bits per heavy atom. The molecule has 1 heterocycles. The van der Waals surface area contributed by atoms with Crippen LogP contribution in [0.1, 0.15) is 27.6 Å². The van der Waals surface area contributed by atoms with E-state index in [-0.39, 0.29) is 16.2 Å². The SMILES string of the molecule is Cc1cc(C)cc(N2C(=O)/C(=C/c3ccc(N(C)C)cc3)S(=O)(=O)[C@@H]2c2cccc([N+](=O)[O-])c2)c1. The van der Waals surface area contributed by atoms with E-state index in [0.29, 0.717) is 11.3 Å². The van der Waals surface area contributed by atoms with E-state index in [9.17, 15) is 23.3 Å². The second-order valence-electron chi connectivity index (χ2n) is 8.77. The lowest BCUT2D eigenvalue weighted by atomic mass is 10.1. The summed E-state index contributed by atoms with van der Waals surface area (Å²) in [5.74, 6) is -0.678. The van der Waals surface area contributed by atoms with E-state index >= 15 is 0 Å². The molecule has 0 aromatic heterocycles. The Balaban J connectivity index is 1.92. The number of hydrogen-bond acceptors (Lipinski definition) is 6. The minimum atomic E-state index is -4.22. The summed E-state index contributed by atoms with van der Waals surface area (Å²) in [6, 6.07) is 18.0. The van der Waals surface area contributed by atoms with E-state index < -0.39 is 26.0 Å². The number of sulfone groups is 1. The quantitative estimate of drug-likeness (QED) is 0.289. The van der Waals surface area contributed by atoms with Crippen LogP contribution in [0.4, 0.5) is 17.1 Å². The Labute approximate surface area is 204 Å². The first-order valence-electron chi connectivity index (χ1n) is 10.9. The number of nitro benzene ring substituents is 1. The highest BCUT2D eigenvalue weighted by molar-refractivity contribution is 7.97. The summed E-state index contributed by atoms with van der Waals surface area (Å²) in [6.45, 7) is 3.72. The van der Waals surface area contributed by atoms with Gasteiger partial charge in [0.1, 0.15) is 4.91 Å². The molecule has 0 aliphatic carbocycles. The van der Waals surface area contributed by atoms with Crippen molar-refractivity contribution >= 4 is 38.9 Å². The van der Waals surface area contributed by atoms with Crippen molar-refractivity contribution in [1.29, 1.82) is 0 Å². The third kappa shape index (κ3) is 4.54. The Morgan fingerprint density at radius 2 is 1.60 bits per heavy atom. The van der Waals surface area contributed by atoms with Gasteiger partial charge in [0, 0.05) is 37.6 Å². The van der Waals surface area contributed by atoms with E-state index in [1.54, 1.807) is 24.3 Å². The number of carbonyl (C=O) groups excluding carboxylic acids is 1. The average Bonchev–Trinajstić information content (AvgIpc) is 2.99. The van der Waals surface area contributed by atoms with Gasteiger partial charge in [0.25, 0.3) is 11.6 Å². The zero-order valence-electron chi connectivity index (χ0n) is 19.8. The molecule has 1 aliphatic heterocycles. The zero-order valence-corrected chi connectivity index (χ0v) is 20.6. The maximum atomic E-state index is 13.8. The van der Waals surface area contributed by atoms with E-state index in [1.807, 2.05) is 51.0 Å². The molecule has 0 radical (unpaired) electrons. The van der Waals surface area contributed by atoms with Gasteiger partial charge in [-0.2, -0.15) is 0 Å². The molecule has 4 rings (SSSR count). The second-order valence-corrected chi connectivity index (χ2v) is 10.7. The number of aryl methyl sites for hydroxylation is 2. The van der Waals surface area contributed by atoms with Gasteiger partial charge in [-0.05, 0) is 66.4 Å². The van der Waals surface area contributed by atoms with Crippen LogP contribution in [0, 0.1) is 24.0 Å².